The van der Waals surface area contributed by atoms with E-state index in [0.717, 1.165) is 33.8 Å². The van der Waals surface area contributed by atoms with Gasteiger partial charge in [-0.1, -0.05) is 83.9 Å². The number of hydrogen-bond acceptors (Lipinski definition) is 3. The Kier molecular flexibility index (Phi) is 6.34. The van der Waals surface area contributed by atoms with Crippen LogP contribution in [-0.2, 0) is 4.79 Å². The zero-order valence-corrected chi connectivity index (χ0v) is 21.8. The highest BCUT2D eigenvalue weighted by molar-refractivity contribution is 6.30. The third kappa shape index (κ3) is 4.42. The van der Waals surface area contributed by atoms with Crippen LogP contribution in [0.25, 0.3) is 0 Å². The highest BCUT2D eigenvalue weighted by atomic mass is 35.5. The van der Waals surface area contributed by atoms with E-state index in [1.165, 1.54) is 0 Å². The van der Waals surface area contributed by atoms with Crippen molar-refractivity contribution in [2.75, 3.05) is 10.2 Å². The molecule has 4 aromatic carbocycles. The van der Waals surface area contributed by atoms with E-state index in [-0.39, 0.29) is 17.6 Å². The quantitative estimate of drug-likeness (QED) is 0.300. The van der Waals surface area contributed by atoms with Crippen molar-refractivity contribution in [3.8, 4) is 0 Å². The maximum Gasteiger partial charge on any atom is 0.259 e. The second-order valence-corrected chi connectivity index (χ2v) is 10.4. The minimum atomic E-state index is -0.562. The van der Waals surface area contributed by atoms with E-state index in [2.05, 4.69) is 5.32 Å². The molecule has 4 nitrogen and oxygen atoms in total. The fourth-order valence-electron chi connectivity index (χ4n) is 5.57. The van der Waals surface area contributed by atoms with Gasteiger partial charge in [-0.25, -0.2) is 0 Å². The number of ketones is 1. The summed E-state index contributed by atoms with van der Waals surface area (Å²) in [7, 11) is 0. The van der Waals surface area contributed by atoms with Gasteiger partial charge in [0.05, 0.1) is 17.4 Å². The first kappa shape index (κ1) is 24.2. The lowest BCUT2D eigenvalue weighted by Gasteiger charge is -2.35. The molecule has 2 atom stereocenters. The predicted molar refractivity (Wildman–Crippen MR) is 153 cm³/mol. The molecule has 0 saturated heterocycles. The van der Waals surface area contributed by atoms with Gasteiger partial charge in [-0.05, 0) is 66.8 Å². The lowest BCUT2D eigenvalue weighted by Crippen LogP contribution is -2.38. The largest absolute Gasteiger partial charge is 0.357 e. The van der Waals surface area contributed by atoms with Gasteiger partial charge in [0.15, 0.2) is 5.78 Å². The molecule has 188 valence electrons. The Morgan fingerprint density at radius 1 is 0.816 bits per heavy atom. The number of fused-ring (bicyclic) bond motifs is 1. The van der Waals surface area contributed by atoms with Crippen LogP contribution in [0.5, 0.6) is 0 Å². The van der Waals surface area contributed by atoms with Crippen molar-refractivity contribution in [1.29, 1.82) is 0 Å². The Morgan fingerprint density at radius 2 is 1.47 bits per heavy atom. The maximum absolute atomic E-state index is 14.2. The topological polar surface area (TPSA) is 49.4 Å². The van der Waals surface area contributed by atoms with E-state index < -0.39 is 6.04 Å². The standard InChI is InChI=1S/C33H27ClN2O2/c1-21-11-13-23(14-12-21)32-31-28(19-25(20-30(31)37)22-15-17-26(34)18-16-22)35-27-9-5-6-10-29(27)36(32)33(38)24-7-3-2-4-8-24/h2-18,25,32,35H,19-20H2,1H3/t25-,32+/m0/s1. The number of nitrogens with one attached hydrogen (secondary N) is 1. The molecule has 0 bridgehead atoms. The van der Waals surface area contributed by atoms with Crippen LogP contribution in [0.1, 0.15) is 51.8 Å². The number of aryl methyl sites for hydroxylation is 1. The molecule has 2 aliphatic rings. The number of carbonyl (C=O) groups excluding carboxylic acids is 2. The van der Waals surface area contributed by atoms with Crippen LogP contribution in [0.15, 0.2) is 114 Å². The molecule has 0 radical (unpaired) electrons. The SMILES string of the molecule is Cc1ccc([C@@H]2C3=C(C[C@H](c4ccc(Cl)cc4)CC3=O)Nc3ccccc3N2C(=O)c2ccccc2)cc1. The molecule has 0 fully saturated rings. The average Bonchev–Trinajstić information content (AvgIpc) is 3.08. The fourth-order valence-corrected chi connectivity index (χ4v) is 5.69. The first-order valence-corrected chi connectivity index (χ1v) is 13.2. The molecule has 1 amide bonds. The molecule has 5 heteroatoms. The molecule has 1 heterocycles. The van der Waals surface area contributed by atoms with E-state index >= 15 is 0 Å². The van der Waals surface area contributed by atoms with Crippen LogP contribution >= 0.6 is 11.6 Å². The summed E-state index contributed by atoms with van der Waals surface area (Å²) in [5.74, 6) is -0.0806. The number of para-hydroxylation sites is 2. The van der Waals surface area contributed by atoms with E-state index in [0.29, 0.717) is 29.0 Å². The molecular formula is C33H27ClN2O2. The van der Waals surface area contributed by atoms with Gasteiger partial charge in [0, 0.05) is 28.3 Å². The molecule has 1 N–H and O–H groups in total. The van der Waals surface area contributed by atoms with Crippen molar-refractivity contribution in [3.05, 3.63) is 142 Å². The Morgan fingerprint density at radius 3 is 2.21 bits per heavy atom. The smallest absolute Gasteiger partial charge is 0.259 e. The van der Waals surface area contributed by atoms with Crippen molar-refractivity contribution >= 4 is 34.7 Å². The minimum Gasteiger partial charge on any atom is -0.357 e. The Bertz CT molecular complexity index is 1540. The number of carbonyl (C=O) groups is 2. The molecule has 1 aliphatic carbocycles. The molecule has 38 heavy (non-hydrogen) atoms. The maximum atomic E-state index is 14.2. The third-order valence-corrected chi connectivity index (χ3v) is 7.71. The van der Waals surface area contributed by atoms with Gasteiger partial charge >= 0.3 is 0 Å². The molecule has 0 spiro atoms. The number of nitrogens with zero attached hydrogens (tertiary/aromatic N) is 1. The van der Waals surface area contributed by atoms with Crippen LogP contribution in [0, 0.1) is 6.92 Å². The van der Waals surface area contributed by atoms with E-state index in [9.17, 15) is 9.59 Å². The predicted octanol–water partition coefficient (Wildman–Crippen LogP) is 7.86. The second-order valence-electron chi connectivity index (χ2n) is 9.97. The number of amides is 1. The molecule has 0 unspecified atom stereocenters. The molecule has 6 rings (SSSR count). The number of allylic oxidation sites excluding steroid dienone is 1. The van der Waals surface area contributed by atoms with Gasteiger partial charge in [-0.3, -0.25) is 14.5 Å². The lowest BCUT2D eigenvalue weighted by molar-refractivity contribution is -0.116. The summed E-state index contributed by atoms with van der Waals surface area (Å²) in [6.07, 6.45) is 1.03. The Balaban J connectivity index is 1.55. The third-order valence-electron chi connectivity index (χ3n) is 7.46. The van der Waals surface area contributed by atoms with Gasteiger partial charge in [-0.15, -0.1) is 0 Å². The molecule has 0 aromatic heterocycles. The summed E-state index contributed by atoms with van der Waals surface area (Å²) in [6.45, 7) is 2.04. The van der Waals surface area contributed by atoms with Gasteiger partial charge < -0.3 is 5.32 Å². The van der Waals surface area contributed by atoms with E-state index in [1.807, 2.05) is 110 Å². The van der Waals surface area contributed by atoms with Crippen molar-refractivity contribution in [3.63, 3.8) is 0 Å². The Hall–Kier alpha value is -4.15. The van der Waals surface area contributed by atoms with Crippen LogP contribution in [0.2, 0.25) is 5.02 Å². The van der Waals surface area contributed by atoms with Crippen molar-refractivity contribution in [1.82, 2.24) is 0 Å². The number of anilines is 2. The number of halogens is 1. The van der Waals surface area contributed by atoms with Crippen molar-refractivity contribution < 1.29 is 9.59 Å². The summed E-state index contributed by atoms with van der Waals surface area (Å²) in [6, 6.07) is 32.4. The summed E-state index contributed by atoms with van der Waals surface area (Å²) < 4.78 is 0. The van der Waals surface area contributed by atoms with Crippen LogP contribution in [0.3, 0.4) is 0 Å². The van der Waals surface area contributed by atoms with Crippen molar-refractivity contribution in [2.24, 2.45) is 0 Å². The highest BCUT2D eigenvalue weighted by Gasteiger charge is 2.41. The number of hydrogen-bond donors (Lipinski definition) is 1. The zero-order valence-electron chi connectivity index (χ0n) is 21.0. The number of benzene rings is 4. The van der Waals surface area contributed by atoms with Gasteiger partial charge in [0.25, 0.3) is 5.91 Å². The highest BCUT2D eigenvalue weighted by Crippen LogP contribution is 2.47. The average molecular weight is 519 g/mol. The fraction of sp³-hybridized carbons (Fsp3) is 0.152. The summed E-state index contributed by atoms with van der Waals surface area (Å²) in [5.41, 5.74) is 6.75. The number of Topliss-reactive ketones (excluding diaryl/α,β-unsaturated/α-hetero) is 1. The van der Waals surface area contributed by atoms with Gasteiger partial charge in [0.2, 0.25) is 0 Å². The molecular weight excluding hydrogens is 492 g/mol. The summed E-state index contributed by atoms with van der Waals surface area (Å²) in [5, 5.41) is 4.26. The second kappa shape index (κ2) is 9.96. The van der Waals surface area contributed by atoms with Gasteiger partial charge in [0.1, 0.15) is 0 Å². The van der Waals surface area contributed by atoms with E-state index in [1.54, 1.807) is 4.90 Å². The zero-order chi connectivity index (χ0) is 26.2. The monoisotopic (exact) mass is 518 g/mol. The summed E-state index contributed by atoms with van der Waals surface area (Å²) in [4.78, 5) is 30.1. The van der Waals surface area contributed by atoms with Crippen LogP contribution in [-0.4, -0.2) is 11.7 Å². The molecule has 1 aliphatic heterocycles. The minimum absolute atomic E-state index is 0.0215. The molecule has 0 saturated carbocycles. The first-order chi connectivity index (χ1) is 18.5. The Labute approximate surface area is 227 Å². The summed E-state index contributed by atoms with van der Waals surface area (Å²) >= 11 is 6.14. The normalized spacial score (nSPS) is 18.8. The lowest BCUT2D eigenvalue weighted by atomic mass is 9.78. The number of rotatable bonds is 3. The first-order valence-electron chi connectivity index (χ1n) is 12.8. The van der Waals surface area contributed by atoms with Crippen LogP contribution < -0.4 is 10.2 Å². The van der Waals surface area contributed by atoms with E-state index in [4.69, 9.17) is 11.6 Å². The van der Waals surface area contributed by atoms with Crippen LogP contribution in [0.4, 0.5) is 11.4 Å². The molecule has 4 aromatic rings. The van der Waals surface area contributed by atoms with Crippen molar-refractivity contribution in [2.45, 2.75) is 31.7 Å². The van der Waals surface area contributed by atoms with Gasteiger partial charge in [-0.2, -0.15) is 0 Å².